The highest BCUT2D eigenvalue weighted by molar-refractivity contribution is 7.90. The van der Waals surface area contributed by atoms with Crippen molar-refractivity contribution >= 4 is 15.8 Å². The van der Waals surface area contributed by atoms with Gasteiger partial charge in [-0.1, -0.05) is 13.3 Å². The average molecular weight is 368 g/mol. The first kappa shape index (κ1) is 19.6. The van der Waals surface area contributed by atoms with Crippen molar-refractivity contribution in [1.29, 1.82) is 0 Å². The molecule has 0 amide bonds. The van der Waals surface area contributed by atoms with E-state index in [1.807, 2.05) is 0 Å². The van der Waals surface area contributed by atoms with Gasteiger partial charge in [-0.3, -0.25) is 4.99 Å². The first-order valence-electron chi connectivity index (χ1n) is 8.76. The van der Waals surface area contributed by atoms with Crippen LogP contribution in [0.25, 0.3) is 0 Å². The van der Waals surface area contributed by atoms with Crippen LogP contribution in [0.5, 0.6) is 5.75 Å². The lowest BCUT2D eigenvalue weighted by molar-refractivity contribution is 0.131. The van der Waals surface area contributed by atoms with Crippen LogP contribution in [-0.2, 0) is 9.84 Å². The Morgan fingerprint density at radius 1 is 1.24 bits per heavy atom. The quantitative estimate of drug-likeness (QED) is 0.418. The summed E-state index contributed by atoms with van der Waals surface area (Å²) in [5, 5.41) is 6.64. The lowest BCUT2D eigenvalue weighted by Gasteiger charge is -2.41. The Labute approximate surface area is 151 Å². The minimum atomic E-state index is -3.17. The molecule has 0 aliphatic heterocycles. The Kier molecular flexibility index (Phi) is 6.70. The lowest BCUT2D eigenvalue weighted by atomic mass is 9.67. The third-order valence-corrected chi connectivity index (χ3v) is 6.06. The first-order valence-corrected chi connectivity index (χ1v) is 10.7. The van der Waals surface area contributed by atoms with Crippen LogP contribution in [0.15, 0.2) is 34.2 Å². The second kappa shape index (κ2) is 8.56. The molecule has 140 valence electrons. The number of ether oxygens (including phenoxy) is 1. The monoisotopic (exact) mass is 367 g/mol. The van der Waals surface area contributed by atoms with E-state index in [4.69, 9.17) is 4.74 Å². The topological polar surface area (TPSA) is 79.8 Å². The van der Waals surface area contributed by atoms with Crippen LogP contribution >= 0.6 is 0 Å². The molecule has 1 aliphatic rings. The molecule has 0 bridgehead atoms. The molecule has 1 aromatic rings. The van der Waals surface area contributed by atoms with Crippen molar-refractivity contribution < 1.29 is 13.2 Å². The molecule has 0 saturated heterocycles. The maximum atomic E-state index is 11.4. The molecule has 0 spiro atoms. The number of sulfone groups is 1. The van der Waals surface area contributed by atoms with Crippen molar-refractivity contribution in [1.82, 2.24) is 10.6 Å². The Bertz CT molecular complexity index is 675. The van der Waals surface area contributed by atoms with Crippen LogP contribution in [0, 0.1) is 5.41 Å². The largest absolute Gasteiger partial charge is 0.492 e. The van der Waals surface area contributed by atoms with Gasteiger partial charge >= 0.3 is 0 Å². The third kappa shape index (κ3) is 5.63. The number of nitrogens with one attached hydrogen (secondary N) is 2. The van der Waals surface area contributed by atoms with Crippen molar-refractivity contribution in [2.24, 2.45) is 10.4 Å². The Morgan fingerprint density at radius 2 is 1.92 bits per heavy atom. The Balaban J connectivity index is 1.70. The number of guanidine groups is 1. The van der Waals surface area contributed by atoms with Crippen molar-refractivity contribution in [2.75, 3.05) is 33.0 Å². The molecule has 6 nitrogen and oxygen atoms in total. The van der Waals surface area contributed by atoms with Crippen LogP contribution in [-0.4, -0.2) is 47.4 Å². The molecule has 0 atom stereocenters. The third-order valence-electron chi connectivity index (χ3n) is 4.93. The number of nitrogens with zero attached hydrogens (tertiary/aromatic N) is 1. The molecular weight excluding hydrogens is 338 g/mol. The summed E-state index contributed by atoms with van der Waals surface area (Å²) in [5.74, 6) is 1.44. The van der Waals surface area contributed by atoms with E-state index >= 15 is 0 Å². The number of benzene rings is 1. The predicted octanol–water partition coefficient (Wildman–Crippen LogP) is 2.21. The van der Waals surface area contributed by atoms with Crippen molar-refractivity contribution in [3.63, 3.8) is 0 Å². The van der Waals surface area contributed by atoms with Gasteiger partial charge in [0.2, 0.25) is 0 Å². The molecule has 1 saturated carbocycles. The van der Waals surface area contributed by atoms with Crippen LogP contribution in [0.4, 0.5) is 0 Å². The van der Waals surface area contributed by atoms with E-state index in [1.165, 1.54) is 31.9 Å². The molecule has 2 N–H and O–H groups in total. The predicted molar refractivity (Wildman–Crippen MR) is 101 cm³/mol. The molecule has 0 radical (unpaired) electrons. The second-order valence-electron chi connectivity index (χ2n) is 6.65. The summed E-state index contributed by atoms with van der Waals surface area (Å²) in [7, 11) is -1.41. The molecular formula is C18H29N3O3S. The maximum Gasteiger partial charge on any atom is 0.191 e. The number of rotatable bonds is 8. The van der Waals surface area contributed by atoms with Gasteiger partial charge in [-0.15, -0.1) is 0 Å². The first-order chi connectivity index (χ1) is 11.9. The molecule has 25 heavy (non-hydrogen) atoms. The molecule has 0 aromatic heterocycles. The Morgan fingerprint density at radius 3 is 2.40 bits per heavy atom. The fourth-order valence-corrected chi connectivity index (χ4v) is 3.58. The Hall–Kier alpha value is -1.76. The van der Waals surface area contributed by atoms with Gasteiger partial charge in [0.15, 0.2) is 15.8 Å². The average Bonchev–Trinajstić information content (AvgIpc) is 2.55. The van der Waals surface area contributed by atoms with Crippen LogP contribution in [0.3, 0.4) is 0 Å². The normalized spacial score (nSPS) is 16.8. The van der Waals surface area contributed by atoms with Gasteiger partial charge in [0, 0.05) is 19.8 Å². The van der Waals surface area contributed by atoms with Gasteiger partial charge in [0.05, 0.1) is 11.4 Å². The van der Waals surface area contributed by atoms with Crippen molar-refractivity contribution in [3.05, 3.63) is 24.3 Å². The van der Waals surface area contributed by atoms with E-state index in [0.29, 0.717) is 29.2 Å². The van der Waals surface area contributed by atoms with E-state index in [-0.39, 0.29) is 0 Å². The molecule has 7 heteroatoms. The highest BCUT2D eigenvalue weighted by atomic mass is 32.2. The minimum absolute atomic E-state index is 0.295. The second-order valence-corrected chi connectivity index (χ2v) is 8.67. The van der Waals surface area contributed by atoms with Crippen molar-refractivity contribution in [3.8, 4) is 5.75 Å². The van der Waals surface area contributed by atoms with Crippen LogP contribution in [0.1, 0.15) is 32.6 Å². The summed E-state index contributed by atoms with van der Waals surface area (Å²) in [4.78, 5) is 4.53. The molecule has 1 aromatic carbocycles. The van der Waals surface area contributed by atoms with E-state index in [1.54, 1.807) is 31.3 Å². The number of hydrogen-bond acceptors (Lipinski definition) is 4. The van der Waals surface area contributed by atoms with Crippen LogP contribution < -0.4 is 15.4 Å². The number of hydrogen-bond donors (Lipinski definition) is 2. The molecule has 1 aliphatic carbocycles. The van der Waals surface area contributed by atoms with E-state index in [2.05, 4.69) is 22.5 Å². The zero-order chi connectivity index (χ0) is 18.3. The zero-order valence-corrected chi connectivity index (χ0v) is 16.2. The smallest absolute Gasteiger partial charge is 0.191 e. The van der Waals surface area contributed by atoms with E-state index < -0.39 is 9.84 Å². The molecule has 0 heterocycles. The summed E-state index contributed by atoms with van der Waals surface area (Å²) in [6, 6.07) is 6.46. The zero-order valence-electron chi connectivity index (χ0n) is 15.3. The summed E-state index contributed by atoms with van der Waals surface area (Å²) in [5.41, 5.74) is 0.440. The van der Waals surface area contributed by atoms with Gasteiger partial charge in [0.25, 0.3) is 0 Å². The summed E-state index contributed by atoms with van der Waals surface area (Å²) in [6.07, 6.45) is 6.30. The SMILES string of the molecule is CCC1(CNC(=NC)NCCOc2ccc(S(C)(=O)=O)cc2)CCC1. The standard InChI is InChI=1S/C18H29N3O3S/c1-4-18(10-5-11-18)14-21-17(19-2)20-12-13-24-15-6-8-16(9-7-15)25(3,22)23/h6-9H,4-5,10-14H2,1-3H3,(H2,19,20,21). The number of aliphatic imine (C=N–C) groups is 1. The fourth-order valence-electron chi connectivity index (χ4n) is 2.95. The highest BCUT2D eigenvalue weighted by Gasteiger charge is 2.34. The van der Waals surface area contributed by atoms with Gasteiger partial charge in [-0.2, -0.15) is 0 Å². The molecule has 1 fully saturated rings. The van der Waals surface area contributed by atoms with Crippen LogP contribution in [0.2, 0.25) is 0 Å². The fraction of sp³-hybridized carbons (Fsp3) is 0.611. The minimum Gasteiger partial charge on any atom is -0.492 e. The molecule has 0 unspecified atom stereocenters. The summed E-state index contributed by atoms with van der Waals surface area (Å²) in [6.45, 7) is 4.29. The van der Waals surface area contributed by atoms with Crippen molar-refractivity contribution in [2.45, 2.75) is 37.5 Å². The van der Waals surface area contributed by atoms with Gasteiger partial charge in [-0.25, -0.2) is 8.42 Å². The molecule has 2 rings (SSSR count). The lowest BCUT2D eigenvalue weighted by Crippen LogP contribution is -2.46. The highest BCUT2D eigenvalue weighted by Crippen LogP contribution is 2.42. The van der Waals surface area contributed by atoms with E-state index in [9.17, 15) is 8.42 Å². The summed E-state index contributed by atoms with van der Waals surface area (Å²) >= 11 is 0. The van der Waals surface area contributed by atoms with Gasteiger partial charge in [-0.05, 0) is 48.9 Å². The summed E-state index contributed by atoms with van der Waals surface area (Å²) < 4.78 is 28.5. The maximum absolute atomic E-state index is 11.4. The van der Waals surface area contributed by atoms with Gasteiger partial charge in [0.1, 0.15) is 12.4 Å². The van der Waals surface area contributed by atoms with Gasteiger partial charge < -0.3 is 15.4 Å². The van der Waals surface area contributed by atoms with E-state index in [0.717, 1.165) is 12.5 Å².